The van der Waals surface area contributed by atoms with Gasteiger partial charge in [-0.15, -0.1) is 0 Å². The van der Waals surface area contributed by atoms with E-state index in [4.69, 9.17) is 14.2 Å². The summed E-state index contributed by atoms with van der Waals surface area (Å²) in [5, 5.41) is 0.881. The third-order valence-corrected chi connectivity index (χ3v) is 3.10. The molecule has 2 aliphatic rings. The summed E-state index contributed by atoms with van der Waals surface area (Å²) >= 11 is 3.40. The molecule has 1 aromatic carbocycles. The lowest BCUT2D eigenvalue weighted by molar-refractivity contribution is 0.174. The minimum Gasteiger partial charge on any atom is -0.454 e. The maximum Gasteiger partial charge on any atom is 0.231 e. The van der Waals surface area contributed by atoms with E-state index in [0.29, 0.717) is 12.9 Å². The first-order chi connectivity index (χ1) is 6.88. The lowest BCUT2D eigenvalue weighted by atomic mass is 10.1. The highest BCUT2D eigenvalue weighted by atomic mass is 79.9. The molecule has 1 saturated heterocycles. The molecule has 4 heteroatoms. The molecule has 74 valence electrons. The van der Waals surface area contributed by atoms with Crippen molar-refractivity contribution in [1.82, 2.24) is 0 Å². The minimum absolute atomic E-state index is 0.226. The van der Waals surface area contributed by atoms with Crippen LogP contribution in [0.4, 0.5) is 0 Å². The second-order valence-electron chi connectivity index (χ2n) is 3.36. The summed E-state index contributed by atoms with van der Waals surface area (Å²) in [6.45, 7) is 0.326. The SMILES string of the molecule is BrC[C@@H]1O[C@@H]1c1ccc2c(c1)OCO2. The smallest absolute Gasteiger partial charge is 0.231 e. The van der Waals surface area contributed by atoms with E-state index in [-0.39, 0.29) is 6.10 Å². The summed E-state index contributed by atoms with van der Waals surface area (Å²) < 4.78 is 16.0. The number of epoxide rings is 1. The Kier molecular flexibility index (Phi) is 1.92. The number of fused-ring (bicyclic) bond motifs is 1. The molecule has 0 aliphatic carbocycles. The molecule has 3 rings (SSSR count). The zero-order valence-corrected chi connectivity index (χ0v) is 8.99. The Bertz CT molecular complexity index is 366. The average molecular weight is 257 g/mol. The highest BCUT2D eigenvalue weighted by Gasteiger charge is 2.39. The maximum absolute atomic E-state index is 5.47. The normalized spacial score (nSPS) is 27.8. The Morgan fingerprint density at radius 2 is 2.14 bits per heavy atom. The summed E-state index contributed by atoms with van der Waals surface area (Å²) in [5.41, 5.74) is 1.17. The average Bonchev–Trinajstić information content (AvgIpc) is 2.87. The fourth-order valence-corrected chi connectivity index (χ4v) is 2.14. The molecule has 1 aromatic rings. The van der Waals surface area contributed by atoms with Gasteiger partial charge in [0.05, 0.1) is 6.10 Å². The molecule has 0 amide bonds. The van der Waals surface area contributed by atoms with Crippen molar-refractivity contribution in [3.63, 3.8) is 0 Å². The molecule has 2 atom stereocenters. The molecule has 0 N–H and O–H groups in total. The van der Waals surface area contributed by atoms with Gasteiger partial charge >= 0.3 is 0 Å². The van der Waals surface area contributed by atoms with Crippen LogP contribution in [-0.4, -0.2) is 18.2 Å². The number of hydrogen-bond acceptors (Lipinski definition) is 3. The highest BCUT2D eigenvalue weighted by Crippen LogP contribution is 2.43. The van der Waals surface area contributed by atoms with E-state index in [0.717, 1.165) is 16.8 Å². The molecule has 0 spiro atoms. The summed E-state index contributed by atoms with van der Waals surface area (Å²) in [5.74, 6) is 1.65. The van der Waals surface area contributed by atoms with E-state index in [1.165, 1.54) is 5.56 Å². The quantitative estimate of drug-likeness (QED) is 0.601. The Morgan fingerprint density at radius 1 is 1.29 bits per heavy atom. The van der Waals surface area contributed by atoms with Crippen LogP contribution in [0.1, 0.15) is 11.7 Å². The van der Waals surface area contributed by atoms with Crippen LogP contribution in [0.3, 0.4) is 0 Å². The van der Waals surface area contributed by atoms with Crippen molar-refractivity contribution in [2.24, 2.45) is 0 Å². The third kappa shape index (κ3) is 1.29. The van der Waals surface area contributed by atoms with Crippen LogP contribution in [0.15, 0.2) is 18.2 Å². The number of rotatable bonds is 2. The van der Waals surface area contributed by atoms with Gasteiger partial charge in [-0.05, 0) is 17.7 Å². The van der Waals surface area contributed by atoms with E-state index < -0.39 is 0 Å². The van der Waals surface area contributed by atoms with E-state index in [2.05, 4.69) is 15.9 Å². The van der Waals surface area contributed by atoms with Crippen LogP contribution in [0.5, 0.6) is 11.5 Å². The minimum atomic E-state index is 0.226. The zero-order chi connectivity index (χ0) is 9.54. The predicted molar refractivity (Wildman–Crippen MR) is 54.0 cm³/mol. The Morgan fingerprint density at radius 3 is 2.93 bits per heavy atom. The van der Waals surface area contributed by atoms with E-state index in [1.54, 1.807) is 0 Å². The third-order valence-electron chi connectivity index (χ3n) is 2.46. The van der Waals surface area contributed by atoms with Gasteiger partial charge in [0.15, 0.2) is 11.5 Å². The molecule has 0 unspecified atom stereocenters. The highest BCUT2D eigenvalue weighted by molar-refractivity contribution is 9.09. The second kappa shape index (κ2) is 3.14. The van der Waals surface area contributed by atoms with Gasteiger partial charge < -0.3 is 14.2 Å². The van der Waals surface area contributed by atoms with Crippen molar-refractivity contribution in [2.75, 3.05) is 12.1 Å². The van der Waals surface area contributed by atoms with Crippen molar-refractivity contribution >= 4 is 15.9 Å². The fraction of sp³-hybridized carbons (Fsp3) is 0.400. The van der Waals surface area contributed by atoms with Crippen LogP contribution < -0.4 is 9.47 Å². The molecule has 1 fully saturated rings. The molecular formula is C10H9BrO3. The number of hydrogen-bond donors (Lipinski definition) is 0. The van der Waals surface area contributed by atoms with Crippen molar-refractivity contribution in [3.05, 3.63) is 23.8 Å². The Balaban J connectivity index is 1.87. The summed E-state index contributed by atoms with van der Waals surface area (Å²) in [6.07, 6.45) is 0.541. The fourth-order valence-electron chi connectivity index (χ4n) is 1.64. The largest absolute Gasteiger partial charge is 0.454 e. The zero-order valence-electron chi connectivity index (χ0n) is 7.40. The molecule has 0 saturated carbocycles. The first-order valence-electron chi connectivity index (χ1n) is 4.49. The van der Waals surface area contributed by atoms with Crippen LogP contribution in [0.25, 0.3) is 0 Å². The predicted octanol–water partition coefficient (Wildman–Crippen LogP) is 2.25. The number of halogens is 1. The van der Waals surface area contributed by atoms with Crippen molar-refractivity contribution in [2.45, 2.75) is 12.2 Å². The molecule has 3 nitrogen and oxygen atoms in total. The van der Waals surface area contributed by atoms with Gasteiger partial charge in [0.25, 0.3) is 0 Å². The Labute approximate surface area is 90.1 Å². The summed E-state index contributed by atoms with van der Waals surface area (Å²) in [4.78, 5) is 0. The van der Waals surface area contributed by atoms with E-state index in [9.17, 15) is 0 Å². The summed E-state index contributed by atoms with van der Waals surface area (Å²) in [7, 11) is 0. The van der Waals surface area contributed by atoms with Gasteiger partial charge in [0.2, 0.25) is 6.79 Å². The van der Waals surface area contributed by atoms with Gasteiger partial charge in [-0.25, -0.2) is 0 Å². The molecule has 0 bridgehead atoms. The van der Waals surface area contributed by atoms with Crippen LogP contribution >= 0.6 is 15.9 Å². The lowest BCUT2D eigenvalue weighted by Crippen LogP contribution is -1.93. The monoisotopic (exact) mass is 256 g/mol. The Hall–Kier alpha value is -0.740. The van der Waals surface area contributed by atoms with Crippen LogP contribution in [0, 0.1) is 0 Å². The standard InChI is InChI=1S/C10H9BrO3/c11-4-9-10(14-9)6-1-2-7-8(3-6)13-5-12-7/h1-3,9-10H,4-5H2/t9-,10+/m0/s1. The van der Waals surface area contributed by atoms with Gasteiger partial charge in [-0.1, -0.05) is 22.0 Å². The first-order valence-corrected chi connectivity index (χ1v) is 5.61. The van der Waals surface area contributed by atoms with E-state index >= 15 is 0 Å². The van der Waals surface area contributed by atoms with Crippen LogP contribution in [-0.2, 0) is 4.74 Å². The van der Waals surface area contributed by atoms with E-state index in [1.807, 2.05) is 18.2 Å². The lowest BCUT2D eigenvalue weighted by Gasteiger charge is -1.98. The number of ether oxygens (including phenoxy) is 3. The molecule has 0 aromatic heterocycles. The summed E-state index contributed by atoms with van der Waals surface area (Å²) in [6, 6.07) is 5.96. The van der Waals surface area contributed by atoms with Gasteiger partial charge in [-0.2, -0.15) is 0 Å². The van der Waals surface area contributed by atoms with Gasteiger partial charge in [-0.3, -0.25) is 0 Å². The number of alkyl halides is 1. The van der Waals surface area contributed by atoms with Gasteiger partial charge in [0, 0.05) is 5.33 Å². The van der Waals surface area contributed by atoms with Crippen molar-refractivity contribution in [1.29, 1.82) is 0 Å². The molecular weight excluding hydrogens is 248 g/mol. The first kappa shape index (κ1) is 8.56. The van der Waals surface area contributed by atoms with Gasteiger partial charge in [0.1, 0.15) is 6.10 Å². The molecule has 0 radical (unpaired) electrons. The van der Waals surface area contributed by atoms with Crippen molar-refractivity contribution < 1.29 is 14.2 Å². The number of benzene rings is 1. The molecule has 2 heterocycles. The van der Waals surface area contributed by atoms with Crippen LogP contribution in [0.2, 0.25) is 0 Å². The molecule has 14 heavy (non-hydrogen) atoms. The maximum atomic E-state index is 5.47. The van der Waals surface area contributed by atoms with Crippen molar-refractivity contribution in [3.8, 4) is 11.5 Å². The second-order valence-corrected chi connectivity index (χ2v) is 4.01. The topological polar surface area (TPSA) is 31.0 Å². The molecule has 2 aliphatic heterocycles.